The van der Waals surface area contributed by atoms with Crippen LogP contribution in [0.5, 0.6) is 0 Å². The fraction of sp³-hybridized carbons (Fsp3) is 0.333. The summed E-state index contributed by atoms with van der Waals surface area (Å²) in [7, 11) is 0. The Hall–Kier alpha value is -0.790. The van der Waals surface area contributed by atoms with Crippen molar-refractivity contribution in [3.8, 4) is 0 Å². The van der Waals surface area contributed by atoms with E-state index in [0.717, 1.165) is 23.7 Å². The number of benzene rings is 2. The Bertz CT molecular complexity index is 560. The van der Waals surface area contributed by atoms with E-state index in [-0.39, 0.29) is 5.38 Å². The lowest BCUT2D eigenvalue weighted by Crippen LogP contribution is -1.99. The molecule has 106 valence electrons. The van der Waals surface area contributed by atoms with Gasteiger partial charge in [-0.15, -0.1) is 11.6 Å². The predicted octanol–water partition coefficient (Wildman–Crippen LogP) is 6.10. The Labute approximate surface area is 135 Å². The van der Waals surface area contributed by atoms with Gasteiger partial charge in [0.25, 0.3) is 0 Å². The van der Waals surface area contributed by atoms with Gasteiger partial charge in [0.05, 0.1) is 5.38 Å². The van der Waals surface area contributed by atoms with Gasteiger partial charge in [-0.05, 0) is 53.6 Å². The highest BCUT2D eigenvalue weighted by Gasteiger charge is 2.11. The normalized spacial score (nSPS) is 12.4. The van der Waals surface area contributed by atoms with Gasteiger partial charge in [-0.25, -0.2) is 0 Å². The molecule has 1 atom stereocenters. The first-order valence-electron chi connectivity index (χ1n) is 7.14. The monoisotopic (exact) mass is 350 g/mol. The topological polar surface area (TPSA) is 0 Å². The highest BCUT2D eigenvalue weighted by Crippen LogP contribution is 2.27. The van der Waals surface area contributed by atoms with Crippen LogP contribution in [0.15, 0.2) is 46.9 Å². The summed E-state index contributed by atoms with van der Waals surface area (Å²) < 4.78 is 1.10. The van der Waals surface area contributed by atoms with Gasteiger partial charge >= 0.3 is 0 Å². The molecular weight excluding hydrogens is 332 g/mol. The van der Waals surface area contributed by atoms with Crippen LogP contribution >= 0.6 is 27.5 Å². The third-order valence-electron chi connectivity index (χ3n) is 3.68. The number of rotatable bonds is 5. The van der Waals surface area contributed by atoms with Gasteiger partial charge in [-0.1, -0.05) is 60.1 Å². The molecule has 0 bridgehead atoms. The molecule has 0 aliphatic heterocycles. The van der Waals surface area contributed by atoms with Crippen molar-refractivity contribution in [2.75, 3.05) is 0 Å². The van der Waals surface area contributed by atoms with Crippen molar-refractivity contribution in [3.05, 3.63) is 69.2 Å². The molecule has 1 unspecified atom stereocenters. The minimum atomic E-state index is 0.0346. The number of hydrogen-bond donors (Lipinski definition) is 0. The van der Waals surface area contributed by atoms with Gasteiger partial charge in [0, 0.05) is 4.47 Å². The zero-order valence-corrected chi connectivity index (χ0v) is 14.3. The van der Waals surface area contributed by atoms with E-state index in [1.165, 1.54) is 22.3 Å². The summed E-state index contributed by atoms with van der Waals surface area (Å²) in [6.45, 7) is 4.41. The Morgan fingerprint density at radius 3 is 2.20 bits per heavy atom. The summed E-state index contributed by atoms with van der Waals surface area (Å²) in [4.78, 5) is 0. The highest BCUT2D eigenvalue weighted by molar-refractivity contribution is 9.10. The molecule has 0 aliphatic rings. The maximum atomic E-state index is 6.59. The number of halogens is 2. The molecule has 0 saturated heterocycles. The number of alkyl halides is 1. The average Bonchev–Trinajstić information content (AvgIpc) is 2.48. The zero-order valence-electron chi connectivity index (χ0n) is 12.0. The molecule has 2 rings (SSSR count). The van der Waals surface area contributed by atoms with Gasteiger partial charge in [-0.2, -0.15) is 0 Å². The van der Waals surface area contributed by atoms with Crippen molar-refractivity contribution in [2.24, 2.45) is 0 Å². The standard InChI is InChI=1S/C18H20BrCl/c1-3-14-7-8-16(12-15(14)4-2)18(20)11-13-5-9-17(19)10-6-13/h5-10,12,18H,3-4,11H2,1-2H3. The second-order valence-electron chi connectivity index (χ2n) is 5.03. The van der Waals surface area contributed by atoms with Gasteiger partial charge in [0.2, 0.25) is 0 Å². The van der Waals surface area contributed by atoms with Gasteiger partial charge < -0.3 is 0 Å². The van der Waals surface area contributed by atoms with E-state index in [0.29, 0.717) is 0 Å². The molecule has 0 nitrogen and oxygen atoms in total. The largest absolute Gasteiger partial charge is 0.117 e. The van der Waals surface area contributed by atoms with Crippen molar-refractivity contribution in [1.29, 1.82) is 0 Å². The van der Waals surface area contributed by atoms with Crippen LogP contribution in [0.2, 0.25) is 0 Å². The lowest BCUT2D eigenvalue weighted by atomic mass is 9.96. The predicted molar refractivity (Wildman–Crippen MR) is 91.6 cm³/mol. The van der Waals surface area contributed by atoms with Crippen molar-refractivity contribution >= 4 is 27.5 Å². The van der Waals surface area contributed by atoms with Crippen LogP contribution in [0.25, 0.3) is 0 Å². The molecule has 0 fully saturated rings. The molecular formula is C18H20BrCl. The highest BCUT2D eigenvalue weighted by atomic mass is 79.9. The number of hydrogen-bond acceptors (Lipinski definition) is 0. The quantitative estimate of drug-likeness (QED) is 0.571. The van der Waals surface area contributed by atoms with Gasteiger partial charge in [0.1, 0.15) is 0 Å². The molecule has 0 saturated carbocycles. The lowest BCUT2D eigenvalue weighted by molar-refractivity contribution is 0.908. The molecule has 0 aliphatic carbocycles. The van der Waals surface area contributed by atoms with Crippen molar-refractivity contribution in [1.82, 2.24) is 0 Å². The fourth-order valence-corrected chi connectivity index (χ4v) is 3.04. The summed E-state index contributed by atoms with van der Waals surface area (Å²) >= 11 is 10.1. The molecule has 0 radical (unpaired) electrons. The SMILES string of the molecule is CCc1ccc(C(Cl)Cc2ccc(Br)cc2)cc1CC. The minimum absolute atomic E-state index is 0.0346. The average molecular weight is 352 g/mol. The van der Waals surface area contributed by atoms with Crippen LogP contribution in [0.3, 0.4) is 0 Å². The van der Waals surface area contributed by atoms with Crippen LogP contribution in [-0.2, 0) is 19.3 Å². The van der Waals surface area contributed by atoms with Gasteiger partial charge in [-0.3, -0.25) is 0 Å². The van der Waals surface area contributed by atoms with Crippen LogP contribution in [0.1, 0.15) is 41.5 Å². The van der Waals surface area contributed by atoms with Crippen molar-refractivity contribution in [2.45, 2.75) is 38.5 Å². The summed E-state index contributed by atoms with van der Waals surface area (Å²) in [6, 6.07) is 15.1. The lowest BCUT2D eigenvalue weighted by Gasteiger charge is -2.14. The number of aryl methyl sites for hydroxylation is 2. The Morgan fingerprint density at radius 2 is 1.60 bits per heavy atom. The van der Waals surface area contributed by atoms with Crippen LogP contribution in [0.4, 0.5) is 0 Å². The maximum Gasteiger partial charge on any atom is 0.0625 e. The molecule has 0 spiro atoms. The first kappa shape index (κ1) is 15.6. The van der Waals surface area contributed by atoms with E-state index in [1.807, 2.05) is 0 Å². The molecule has 0 N–H and O–H groups in total. The van der Waals surface area contributed by atoms with Crippen molar-refractivity contribution < 1.29 is 0 Å². The van der Waals surface area contributed by atoms with E-state index in [2.05, 4.69) is 72.2 Å². The molecule has 0 heterocycles. The smallest absolute Gasteiger partial charge is 0.0625 e. The van der Waals surface area contributed by atoms with Crippen LogP contribution in [-0.4, -0.2) is 0 Å². The molecule has 0 amide bonds. The Balaban J connectivity index is 2.16. The first-order chi connectivity index (χ1) is 9.63. The van der Waals surface area contributed by atoms with E-state index >= 15 is 0 Å². The molecule has 0 aromatic heterocycles. The summed E-state index contributed by atoms with van der Waals surface area (Å²) in [5.74, 6) is 0. The van der Waals surface area contributed by atoms with Crippen LogP contribution in [0, 0.1) is 0 Å². The third-order valence-corrected chi connectivity index (χ3v) is 4.62. The van der Waals surface area contributed by atoms with E-state index in [1.54, 1.807) is 0 Å². The molecule has 2 heteroatoms. The van der Waals surface area contributed by atoms with Crippen LogP contribution < -0.4 is 0 Å². The molecule has 20 heavy (non-hydrogen) atoms. The van der Waals surface area contributed by atoms with E-state index in [9.17, 15) is 0 Å². The maximum absolute atomic E-state index is 6.59. The molecule has 2 aromatic carbocycles. The summed E-state index contributed by atoms with van der Waals surface area (Å²) in [5.41, 5.74) is 5.35. The first-order valence-corrected chi connectivity index (χ1v) is 8.37. The van der Waals surface area contributed by atoms with Gasteiger partial charge in [0.15, 0.2) is 0 Å². The summed E-state index contributed by atoms with van der Waals surface area (Å²) in [6.07, 6.45) is 3.02. The molecule has 2 aromatic rings. The minimum Gasteiger partial charge on any atom is -0.117 e. The third kappa shape index (κ3) is 3.86. The van der Waals surface area contributed by atoms with E-state index in [4.69, 9.17) is 11.6 Å². The van der Waals surface area contributed by atoms with E-state index < -0.39 is 0 Å². The Morgan fingerprint density at radius 1 is 0.950 bits per heavy atom. The summed E-state index contributed by atoms with van der Waals surface area (Å²) in [5, 5.41) is 0.0346. The van der Waals surface area contributed by atoms with Crippen molar-refractivity contribution in [3.63, 3.8) is 0 Å². The Kier molecular flexibility index (Phi) is 5.68. The zero-order chi connectivity index (χ0) is 14.5. The second kappa shape index (κ2) is 7.28. The fourth-order valence-electron chi connectivity index (χ4n) is 2.46. The second-order valence-corrected chi connectivity index (χ2v) is 6.48.